The zero-order chi connectivity index (χ0) is 23.8. The van der Waals surface area contributed by atoms with Gasteiger partial charge in [0.15, 0.2) is 9.84 Å². The summed E-state index contributed by atoms with van der Waals surface area (Å²) < 4.78 is 46.4. The van der Waals surface area contributed by atoms with E-state index in [0.29, 0.717) is 19.1 Å². The van der Waals surface area contributed by atoms with Crippen LogP contribution in [0.15, 0.2) is 41.3 Å². The number of carboxylic acid groups (broad SMARTS) is 1. The van der Waals surface area contributed by atoms with Gasteiger partial charge in [-0.15, -0.1) is 0 Å². The number of hydrogen-bond acceptors (Lipinski definition) is 5. The van der Waals surface area contributed by atoms with Crippen molar-refractivity contribution in [2.24, 2.45) is 5.92 Å². The Hall–Kier alpha value is -2.71. The number of benzene rings is 2. The molecule has 8 heteroatoms. The van der Waals surface area contributed by atoms with Crippen molar-refractivity contribution < 1.29 is 27.4 Å². The molecule has 0 bridgehead atoms. The molecule has 1 aliphatic carbocycles. The molecule has 1 fully saturated rings. The largest absolute Gasteiger partial charge is 0.492 e. The van der Waals surface area contributed by atoms with Crippen molar-refractivity contribution in [3.05, 3.63) is 64.5 Å². The molecule has 1 N–H and O–H groups in total. The fraction of sp³-hybridized carbons (Fsp3) is 0.400. The summed E-state index contributed by atoms with van der Waals surface area (Å²) in [6.07, 6.45) is 4.38. The lowest BCUT2D eigenvalue weighted by Crippen LogP contribution is -2.22. The second-order valence-corrected chi connectivity index (χ2v) is 10.5. The van der Waals surface area contributed by atoms with Gasteiger partial charge in [-0.25, -0.2) is 17.6 Å². The summed E-state index contributed by atoms with van der Waals surface area (Å²) in [7, 11) is -3.96. The molecule has 33 heavy (non-hydrogen) atoms. The van der Waals surface area contributed by atoms with E-state index in [4.69, 9.17) is 4.74 Å². The van der Waals surface area contributed by atoms with Crippen LogP contribution in [0.1, 0.15) is 53.2 Å². The van der Waals surface area contributed by atoms with E-state index in [2.05, 4.69) is 4.90 Å². The minimum Gasteiger partial charge on any atom is -0.492 e. The van der Waals surface area contributed by atoms with E-state index < -0.39 is 27.4 Å². The van der Waals surface area contributed by atoms with Gasteiger partial charge in [-0.05, 0) is 60.3 Å². The maximum Gasteiger partial charge on any atom is 0.339 e. The lowest BCUT2D eigenvalue weighted by molar-refractivity contribution is 0.0690. The average molecular weight is 474 g/mol. The summed E-state index contributed by atoms with van der Waals surface area (Å²) in [6, 6.07) is 6.89. The third kappa shape index (κ3) is 4.82. The maximum absolute atomic E-state index is 13.9. The molecule has 2 atom stereocenters. The summed E-state index contributed by atoms with van der Waals surface area (Å²) in [5.74, 6) is -1.27. The number of ether oxygens (including phenoxy) is 1. The number of aromatic carboxylic acids is 1. The zero-order valence-electron chi connectivity index (χ0n) is 18.8. The van der Waals surface area contributed by atoms with Gasteiger partial charge in [-0.3, -0.25) is 0 Å². The van der Waals surface area contributed by atoms with Crippen LogP contribution in [0.25, 0.3) is 6.08 Å². The number of carbonyl (C=O) groups is 1. The molecule has 0 aromatic heterocycles. The van der Waals surface area contributed by atoms with Gasteiger partial charge in [0.1, 0.15) is 17.1 Å². The number of rotatable bonds is 9. The van der Waals surface area contributed by atoms with E-state index in [1.165, 1.54) is 12.1 Å². The lowest BCUT2D eigenvalue weighted by Gasteiger charge is -2.21. The third-order valence-electron chi connectivity index (χ3n) is 6.46. The number of nitrogens with zero attached hydrogens (tertiary/aromatic N) is 1. The van der Waals surface area contributed by atoms with Gasteiger partial charge < -0.3 is 14.7 Å². The van der Waals surface area contributed by atoms with Crippen LogP contribution in [0.4, 0.5) is 4.39 Å². The highest BCUT2D eigenvalue weighted by molar-refractivity contribution is 7.90. The molecular formula is C25H28FNO5S. The summed E-state index contributed by atoms with van der Waals surface area (Å²) in [4.78, 5) is 14.2. The van der Waals surface area contributed by atoms with E-state index in [-0.39, 0.29) is 33.3 Å². The van der Waals surface area contributed by atoms with Crippen molar-refractivity contribution in [1.29, 1.82) is 0 Å². The van der Waals surface area contributed by atoms with Crippen molar-refractivity contribution in [1.82, 2.24) is 4.90 Å². The Morgan fingerprint density at radius 1 is 1.24 bits per heavy atom. The van der Waals surface area contributed by atoms with Crippen LogP contribution in [0.2, 0.25) is 0 Å². The lowest BCUT2D eigenvalue weighted by atomic mass is 9.98. The first kappa shape index (κ1) is 23.4. The van der Waals surface area contributed by atoms with Crippen LogP contribution < -0.4 is 4.74 Å². The molecule has 4 rings (SSSR count). The Bertz CT molecular complexity index is 1200. The Kier molecular flexibility index (Phi) is 6.59. The molecule has 1 saturated carbocycles. The second-order valence-electron chi connectivity index (χ2n) is 8.57. The summed E-state index contributed by atoms with van der Waals surface area (Å²) in [5.41, 5.74) is 1.16. The number of carboxylic acids is 1. The Balaban J connectivity index is 1.68. The van der Waals surface area contributed by atoms with Gasteiger partial charge in [0.05, 0.1) is 17.3 Å². The van der Waals surface area contributed by atoms with Crippen LogP contribution >= 0.6 is 0 Å². The fourth-order valence-electron chi connectivity index (χ4n) is 4.47. The van der Waals surface area contributed by atoms with Crippen LogP contribution in [0.5, 0.6) is 5.75 Å². The zero-order valence-corrected chi connectivity index (χ0v) is 19.6. The average Bonchev–Trinajstić information content (AvgIpc) is 3.56. The van der Waals surface area contributed by atoms with Crippen LogP contribution in [0.3, 0.4) is 0 Å². The summed E-state index contributed by atoms with van der Waals surface area (Å²) in [5, 5.41) is 9.85. The van der Waals surface area contributed by atoms with E-state index in [9.17, 15) is 22.7 Å². The summed E-state index contributed by atoms with van der Waals surface area (Å²) >= 11 is 0. The molecule has 176 valence electrons. The maximum atomic E-state index is 13.9. The molecule has 2 aromatic carbocycles. The van der Waals surface area contributed by atoms with E-state index >= 15 is 0 Å². The minimum atomic E-state index is -3.96. The molecule has 1 aliphatic heterocycles. The smallest absolute Gasteiger partial charge is 0.339 e. The van der Waals surface area contributed by atoms with Crippen molar-refractivity contribution >= 4 is 21.9 Å². The van der Waals surface area contributed by atoms with Crippen molar-refractivity contribution in [2.75, 3.05) is 26.2 Å². The normalized spacial score (nSPS) is 19.3. The van der Waals surface area contributed by atoms with Crippen LogP contribution in [-0.4, -0.2) is 50.6 Å². The Morgan fingerprint density at radius 3 is 2.70 bits per heavy atom. The topological polar surface area (TPSA) is 83.9 Å². The van der Waals surface area contributed by atoms with Gasteiger partial charge in [-0.1, -0.05) is 38.1 Å². The third-order valence-corrected chi connectivity index (χ3v) is 8.19. The fourth-order valence-corrected chi connectivity index (χ4v) is 6.04. The number of sulfone groups is 1. The minimum absolute atomic E-state index is 0.0306. The standard InChI is InChI=1S/C25H28FNO5S/c1-3-27(4-2)11-5-6-16-12-19(26)8-10-22(16)33(30,31)15-17-7-9-20-21-13-18(21)14-32-24(20)23(17)25(28)29/h5-10,12,18,21H,3-4,11,13-15H2,1-2H3,(H,28,29)/b6-5-/t18-,21-/m1/s1. The first-order chi connectivity index (χ1) is 15.7. The molecule has 0 unspecified atom stereocenters. The van der Waals surface area contributed by atoms with Crippen molar-refractivity contribution in [2.45, 2.75) is 36.8 Å². The SMILES string of the molecule is CCN(CC)C/C=C\c1cc(F)ccc1S(=O)(=O)Cc1ccc2c(c1C(=O)O)OC[C@H]1C[C@@H]21. The second kappa shape index (κ2) is 9.27. The molecule has 0 amide bonds. The molecule has 1 heterocycles. The molecule has 0 radical (unpaired) electrons. The molecule has 2 aliphatic rings. The molecule has 2 aromatic rings. The first-order valence-corrected chi connectivity index (χ1v) is 12.8. The predicted octanol–water partition coefficient (Wildman–Crippen LogP) is 4.35. The van der Waals surface area contributed by atoms with E-state index in [1.807, 2.05) is 19.9 Å². The quantitative estimate of drug-likeness (QED) is 0.545. The summed E-state index contributed by atoms with van der Waals surface area (Å²) in [6.45, 7) is 6.80. The van der Waals surface area contributed by atoms with Gasteiger partial charge >= 0.3 is 5.97 Å². The number of fused-ring (bicyclic) bond motifs is 3. The first-order valence-electron chi connectivity index (χ1n) is 11.2. The van der Waals surface area contributed by atoms with Crippen molar-refractivity contribution in [3.8, 4) is 5.75 Å². The number of halogens is 1. The van der Waals surface area contributed by atoms with Crippen LogP contribution in [-0.2, 0) is 15.6 Å². The Morgan fingerprint density at radius 2 is 2.00 bits per heavy atom. The molecule has 0 spiro atoms. The van der Waals surface area contributed by atoms with Gasteiger partial charge in [0, 0.05) is 12.5 Å². The predicted molar refractivity (Wildman–Crippen MR) is 124 cm³/mol. The number of hydrogen-bond donors (Lipinski definition) is 1. The van der Waals surface area contributed by atoms with Crippen LogP contribution in [0, 0.1) is 11.7 Å². The molecule has 0 saturated heterocycles. The van der Waals surface area contributed by atoms with Gasteiger partial charge in [0.2, 0.25) is 0 Å². The van der Waals surface area contributed by atoms with E-state index in [1.54, 1.807) is 18.2 Å². The van der Waals surface area contributed by atoms with Gasteiger partial charge in [-0.2, -0.15) is 0 Å². The van der Waals surface area contributed by atoms with Crippen molar-refractivity contribution in [3.63, 3.8) is 0 Å². The highest BCUT2D eigenvalue weighted by atomic mass is 32.2. The molecule has 6 nitrogen and oxygen atoms in total. The highest BCUT2D eigenvalue weighted by Gasteiger charge is 2.45. The number of likely N-dealkylation sites (N-methyl/N-ethyl adjacent to an activating group) is 1. The van der Waals surface area contributed by atoms with E-state index in [0.717, 1.165) is 31.1 Å². The Labute approximate surface area is 193 Å². The van der Waals surface area contributed by atoms with Gasteiger partial charge in [0.25, 0.3) is 0 Å². The monoisotopic (exact) mass is 473 g/mol. The highest BCUT2D eigenvalue weighted by Crippen LogP contribution is 2.55. The molecular weight excluding hydrogens is 445 g/mol.